The molecule has 4 aromatic carbocycles. The van der Waals surface area contributed by atoms with Gasteiger partial charge >= 0.3 is 12.4 Å². The Kier molecular flexibility index (Phi) is 6.53. The molecule has 0 saturated carbocycles. The molecular weight excluding hydrogens is 506 g/mol. The number of fused-ring (bicyclic) bond motifs is 5. The zero-order chi connectivity index (χ0) is 27.2. The van der Waals surface area contributed by atoms with E-state index in [4.69, 9.17) is 0 Å². The number of Topliss-reactive ketones (excluding diaryl/α,β-unsaturated/α-hetero) is 2. The molecule has 38 heavy (non-hydrogen) atoms. The highest BCUT2D eigenvalue weighted by molar-refractivity contribution is 6.25. The number of hydrogen-bond donors (Lipinski definition) is 0. The molecule has 0 bridgehead atoms. The van der Waals surface area contributed by atoms with Gasteiger partial charge in [0.15, 0.2) is 11.6 Å². The molecule has 2 atom stereocenters. The van der Waals surface area contributed by atoms with Crippen LogP contribution in [0.2, 0.25) is 0 Å². The highest BCUT2D eigenvalue weighted by Crippen LogP contribution is 2.46. The number of alkyl halides is 6. The molecule has 0 radical (unpaired) electrons. The van der Waals surface area contributed by atoms with Crippen molar-refractivity contribution in [3.63, 3.8) is 0 Å². The number of aryl methyl sites for hydroxylation is 1. The molecule has 2 unspecified atom stereocenters. The van der Waals surface area contributed by atoms with E-state index in [1.165, 1.54) is 18.2 Å². The number of halogens is 6. The van der Waals surface area contributed by atoms with Gasteiger partial charge < -0.3 is 0 Å². The molecule has 0 aliphatic heterocycles. The summed E-state index contributed by atoms with van der Waals surface area (Å²) in [6, 6.07) is 19.0. The third kappa shape index (κ3) is 4.79. The zero-order valence-corrected chi connectivity index (χ0v) is 20.0. The van der Waals surface area contributed by atoms with E-state index in [1.807, 2.05) is 0 Å². The van der Waals surface area contributed by atoms with E-state index in [9.17, 15) is 35.9 Å². The van der Waals surface area contributed by atoms with Gasteiger partial charge in [-0.05, 0) is 52.6 Å². The summed E-state index contributed by atoms with van der Waals surface area (Å²) in [6.45, 7) is 0. The van der Waals surface area contributed by atoms with Gasteiger partial charge in [0, 0.05) is 23.3 Å². The van der Waals surface area contributed by atoms with Crippen LogP contribution in [0.4, 0.5) is 26.3 Å². The second-order valence-corrected chi connectivity index (χ2v) is 9.65. The Hall–Kier alpha value is -3.68. The summed E-state index contributed by atoms with van der Waals surface area (Å²) < 4.78 is 82.6. The minimum atomic E-state index is -4.83. The van der Waals surface area contributed by atoms with Crippen LogP contribution < -0.4 is 0 Å². The van der Waals surface area contributed by atoms with Crippen molar-refractivity contribution in [3.05, 3.63) is 95.1 Å². The maximum Gasteiger partial charge on any atom is 0.417 e. The number of benzene rings is 4. The summed E-state index contributed by atoms with van der Waals surface area (Å²) in [5.41, 5.74) is -0.577. The summed E-state index contributed by atoms with van der Waals surface area (Å²) >= 11 is 0. The van der Waals surface area contributed by atoms with E-state index < -0.39 is 54.2 Å². The average Bonchev–Trinajstić information content (AvgIpc) is 2.87. The van der Waals surface area contributed by atoms with Crippen LogP contribution in [0.1, 0.15) is 52.2 Å². The van der Waals surface area contributed by atoms with Gasteiger partial charge in [0.05, 0.1) is 11.5 Å². The number of carbonyl (C=O) groups excluding carboxylic acids is 2. The Balaban J connectivity index is 1.73. The van der Waals surface area contributed by atoms with E-state index >= 15 is 0 Å². The van der Waals surface area contributed by atoms with Crippen molar-refractivity contribution in [2.24, 2.45) is 5.92 Å². The first-order valence-corrected chi connectivity index (χ1v) is 12.2. The lowest BCUT2D eigenvalue weighted by Gasteiger charge is -2.31. The number of rotatable bonds is 5. The Bertz CT molecular complexity index is 1540. The molecule has 8 heteroatoms. The Morgan fingerprint density at radius 1 is 0.711 bits per heavy atom. The molecule has 0 heterocycles. The number of carbonyl (C=O) groups is 2. The van der Waals surface area contributed by atoms with Crippen molar-refractivity contribution in [1.29, 1.82) is 0 Å². The third-order valence-electron chi connectivity index (χ3n) is 7.27. The molecule has 2 nitrogen and oxygen atoms in total. The van der Waals surface area contributed by atoms with Crippen LogP contribution in [-0.2, 0) is 17.4 Å². The van der Waals surface area contributed by atoms with Crippen molar-refractivity contribution in [3.8, 4) is 0 Å². The summed E-state index contributed by atoms with van der Waals surface area (Å²) in [6.07, 6.45) is -11.0. The molecule has 0 fully saturated rings. The quantitative estimate of drug-likeness (QED) is 0.148. The van der Waals surface area contributed by atoms with Gasteiger partial charge in [0.25, 0.3) is 0 Å². The van der Waals surface area contributed by atoms with Crippen LogP contribution in [0.3, 0.4) is 0 Å². The van der Waals surface area contributed by atoms with Crippen molar-refractivity contribution >= 4 is 33.1 Å². The second kappa shape index (κ2) is 9.57. The van der Waals surface area contributed by atoms with Gasteiger partial charge in [-0.25, -0.2) is 0 Å². The summed E-state index contributed by atoms with van der Waals surface area (Å²) in [5.74, 6) is -4.10. The monoisotopic (exact) mass is 528 g/mol. The fourth-order valence-electron chi connectivity index (χ4n) is 5.53. The molecule has 4 aromatic rings. The molecule has 1 aliphatic rings. The molecule has 0 aromatic heterocycles. The first-order valence-electron chi connectivity index (χ1n) is 12.2. The first kappa shape index (κ1) is 25.9. The lowest BCUT2D eigenvalue weighted by Crippen LogP contribution is -2.36. The van der Waals surface area contributed by atoms with Crippen LogP contribution in [-0.4, -0.2) is 17.7 Å². The van der Waals surface area contributed by atoms with Gasteiger partial charge in [-0.1, -0.05) is 66.7 Å². The minimum absolute atomic E-state index is 0.00500. The predicted octanol–water partition coefficient (Wildman–Crippen LogP) is 8.45. The Morgan fingerprint density at radius 2 is 1.39 bits per heavy atom. The molecule has 1 aliphatic carbocycles. The molecule has 0 N–H and O–H groups in total. The third-order valence-corrected chi connectivity index (χ3v) is 7.27. The lowest BCUT2D eigenvalue weighted by atomic mass is 9.69. The SMILES string of the molecule is O=C1c2c(ccc3c2c(C(F)(F)F)cc2ccccc23)C(CCC(F)(F)F)C(=O)C1CCc1ccccc1. The van der Waals surface area contributed by atoms with Crippen molar-refractivity contribution in [1.82, 2.24) is 0 Å². The van der Waals surface area contributed by atoms with Crippen molar-refractivity contribution in [2.45, 2.75) is 44.0 Å². The predicted molar refractivity (Wildman–Crippen MR) is 132 cm³/mol. The zero-order valence-electron chi connectivity index (χ0n) is 20.0. The highest BCUT2D eigenvalue weighted by Gasteiger charge is 2.45. The topological polar surface area (TPSA) is 34.1 Å². The molecule has 0 amide bonds. The van der Waals surface area contributed by atoms with Gasteiger partial charge in [0.1, 0.15) is 0 Å². The van der Waals surface area contributed by atoms with Crippen molar-refractivity contribution in [2.75, 3.05) is 0 Å². The minimum Gasteiger partial charge on any atom is -0.298 e. The van der Waals surface area contributed by atoms with Gasteiger partial charge in [-0.15, -0.1) is 0 Å². The van der Waals surface area contributed by atoms with Crippen LogP contribution in [0.15, 0.2) is 72.8 Å². The first-order chi connectivity index (χ1) is 18.0. The van der Waals surface area contributed by atoms with Crippen LogP contribution in [0.25, 0.3) is 21.5 Å². The van der Waals surface area contributed by atoms with Crippen LogP contribution in [0, 0.1) is 5.92 Å². The molecule has 0 spiro atoms. The fourth-order valence-corrected chi connectivity index (χ4v) is 5.53. The van der Waals surface area contributed by atoms with E-state index in [0.717, 1.165) is 11.6 Å². The number of ketones is 2. The maximum absolute atomic E-state index is 14.4. The fraction of sp³-hybridized carbons (Fsp3) is 0.267. The standard InChI is InChI=1S/C30H22F6O2/c31-29(32,33)15-14-22-21-13-12-20-19-9-5-4-8-18(19)16-24(30(34,35)36)25(20)26(21)28(38)23(27(22)37)11-10-17-6-2-1-3-7-17/h1-9,12-13,16,22-23H,10-11,14-15H2. The smallest absolute Gasteiger partial charge is 0.298 e. The van der Waals surface area contributed by atoms with E-state index in [-0.39, 0.29) is 34.7 Å². The highest BCUT2D eigenvalue weighted by atomic mass is 19.4. The molecule has 0 saturated heterocycles. The molecule has 196 valence electrons. The normalized spacial score (nSPS) is 18.3. The Labute approximate surface area is 214 Å². The summed E-state index contributed by atoms with van der Waals surface area (Å²) in [4.78, 5) is 27.3. The van der Waals surface area contributed by atoms with E-state index in [2.05, 4.69) is 0 Å². The largest absolute Gasteiger partial charge is 0.417 e. The van der Waals surface area contributed by atoms with Crippen LogP contribution >= 0.6 is 0 Å². The van der Waals surface area contributed by atoms with Crippen LogP contribution in [0.5, 0.6) is 0 Å². The second-order valence-electron chi connectivity index (χ2n) is 9.65. The number of hydrogen-bond acceptors (Lipinski definition) is 2. The Morgan fingerprint density at radius 3 is 2.08 bits per heavy atom. The average molecular weight is 528 g/mol. The van der Waals surface area contributed by atoms with Gasteiger partial charge in [-0.2, -0.15) is 26.3 Å². The maximum atomic E-state index is 14.4. The summed E-state index contributed by atoms with van der Waals surface area (Å²) in [5, 5.41) is 0.623. The van der Waals surface area contributed by atoms with Crippen molar-refractivity contribution < 1.29 is 35.9 Å². The van der Waals surface area contributed by atoms with Gasteiger partial charge in [0.2, 0.25) is 0 Å². The van der Waals surface area contributed by atoms with Gasteiger partial charge in [-0.3, -0.25) is 9.59 Å². The molecule has 5 rings (SSSR count). The molecular formula is C30H22F6O2. The summed E-state index contributed by atoms with van der Waals surface area (Å²) in [7, 11) is 0. The van der Waals surface area contributed by atoms with E-state index in [0.29, 0.717) is 10.8 Å². The van der Waals surface area contributed by atoms with E-state index in [1.54, 1.807) is 48.5 Å². The lowest BCUT2D eigenvalue weighted by molar-refractivity contribution is -0.139.